The van der Waals surface area contributed by atoms with Crippen molar-refractivity contribution in [3.8, 4) is 0 Å². The number of para-hydroxylation sites is 1. The molecule has 0 unspecified atom stereocenters. The Hall–Kier alpha value is -2.83. The molecule has 0 spiro atoms. The van der Waals surface area contributed by atoms with Gasteiger partial charge in [-0.05, 0) is 19.9 Å². The van der Waals surface area contributed by atoms with Crippen molar-refractivity contribution in [1.29, 1.82) is 0 Å². The quantitative estimate of drug-likeness (QED) is 0.839. The summed E-state index contributed by atoms with van der Waals surface area (Å²) in [5.74, 6) is -1.42. The minimum Gasteiger partial charge on any atom is -0.450 e. The van der Waals surface area contributed by atoms with Gasteiger partial charge >= 0.3 is 12.0 Å². The summed E-state index contributed by atoms with van der Waals surface area (Å²) in [6.45, 7) is 3.27. The first-order valence-corrected chi connectivity index (χ1v) is 6.75. The van der Waals surface area contributed by atoms with E-state index in [9.17, 15) is 14.4 Å². The number of fused-ring (bicyclic) bond motifs is 1. The van der Waals surface area contributed by atoms with Crippen LogP contribution in [0.4, 0.5) is 4.79 Å². The molecule has 1 aromatic heterocycles. The minimum absolute atomic E-state index is 0.0482. The Morgan fingerprint density at radius 1 is 1.23 bits per heavy atom. The van der Waals surface area contributed by atoms with E-state index < -0.39 is 24.5 Å². The number of furan rings is 1. The number of carbonyl (C=O) groups is 3. The van der Waals surface area contributed by atoms with Crippen molar-refractivity contribution >= 4 is 28.9 Å². The summed E-state index contributed by atoms with van der Waals surface area (Å²) >= 11 is 0. The number of amides is 3. The van der Waals surface area contributed by atoms with Crippen LogP contribution in [0.15, 0.2) is 28.7 Å². The Morgan fingerprint density at radius 3 is 2.64 bits per heavy atom. The van der Waals surface area contributed by atoms with E-state index in [4.69, 9.17) is 9.15 Å². The van der Waals surface area contributed by atoms with Gasteiger partial charge in [-0.25, -0.2) is 9.59 Å². The fourth-order valence-electron chi connectivity index (χ4n) is 1.93. The van der Waals surface area contributed by atoms with Gasteiger partial charge in [-0.1, -0.05) is 18.2 Å². The number of hydrogen-bond donors (Lipinski definition) is 2. The topological polar surface area (TPSA) is 97.6 Å². The molecule has 0 aliphatic carbocycles. The van der Waals surface area contributed by atoms with Crippen LogP contribution in [-0.2, 0) is 9.53 Å². The highest BCUT2D eigenvalue weighted by Gasteiger charge is 2.20. The van der Waals surface area contributed by atoms with Crippen LogP contribution in [0, 0.1) is 6.92 Å². The van der Waals surface area contributed by atoms with E-state index in [1.54, 1.807) is 26.0 Å². The first-order chi connectivity index (χ1) is 10.5. The van der Waals surface area contributed by atoms with Gasteiger partial charge in [0.1, 0.15) is 5.58 Å². The van der Waals surface area contributed by atoms with Gasteiger partial charge in [0.15, 0.2) is 6.61 Å². The second-order valence-corrected chi connectivity index (χ2v) is 4.54. The fourth-order valence-corrected chi connectivity index (χ4v) is 1.93. The highest BCUT2D eigenvalue weighted by Crippen LogP contribution is 2.25. The fraction of sp³-hybridized carbons (Fsp3) is 0.267. The van der Waals surface area contributed by atoms with Crippen LogP contribution in [0.5, 0.6) is 0 Å². The van der Waals surface area contributed by atoms with E-state index in [0.717, 1.165) is 5.39 Å². The highest BCUT2D eigenvalue weighted by atomic mass is 16.5. The van der Waals surface area contributed by atoms with Gasteiger partial charge in [0.25, 0.3) is 5.91 Å². The molecule has 1 aromatic carbocycles. The van der Waals surface area contributed by atoms with Crippen LogP contribution < -0.4 is 10.6 Å². The van der Waals surface area contributed by atoms with E-state index in [1.165, 1.54) is 0 Å². The van der Waals surface area contributed by atoms with E-state index in [2.05, 4.69) is 5.32 Å². The zero-order chi connectivity index (χ0) is 16.1. The molecule has 7 nitrogen and oxygen atoms in total. The molecule has 0 atom stereocenters. The van der Waals surface area contributed by atoms with Crippen molar-refractivity contribution in [2.75, 3.05) is 13.2 Å². The standard InChI is InChI=1S/C15H16N2O5/c1-3-16-15(20)17-12(18)8-21-14(19)13-9(2)10-6-4-5-7-11(10)22-13/h4-7H,3,8H2,1-2H3,(H2,16,17,18,20). The predicted octanol–water partition coefficient (Wildman–Crippen LogP) is 1.74. The van der Waals surface area contributed by atoms with Gasteiger partial charge in [0.2, 0.25) is 5.76 Å². The van der Waals surface area contributed by atoms with Crippen LogP contribution in [0.3, 0.4) is 0 Å². The number of urea groups is 1. The first-order valence-electron chi connectivity index (χ1n) is 6.75. The van der Waals surface area contributed by atoms with Crippen molar-refractivity contribution in [3.05, 3.63) is 35.6 Å². The number of nitrogens with one attached hydrogen (secondary N) is 2. The van der Waals surface area contributed by atoms with Crippen LogP contribution in [0.25, 0.3) is 11.0 Å². The smallest absolute Gasteiger partial charge is 0.375 e. The molecule has 0 radical (unpaired) electrons. The minimum atomic E-state index is -0.750. The number of imide groups is 1. The molecule has 3 amide bonds. The van der Waals surface area contributed by atoms with Gasteiger partial charge in [0.05, 0.1) is 0 Å². The maximum Gasteiger partial charge on any atom is 0.375 e. The molecule has 0 saturated heterocycles. The summed E-state index contributed by atoms with van der Waals surface area (Å²) < 4.78 is 10.3. The average Bonchev–Trinajstić information content (AvgIpc) is 2.83. The Balaban J connectivity index is 1.98. The molecule has 2 aromatic rings. The number of aryl methyl sites for hydroxylation is 1. The number of rotatable bonds is 4. The zero-order valence-corrected chi connectivity index (χ0v) is 12.3. The monoisotopic (exact) mass is 304 g/mol. The summed E-state index contributed by atoms with van der Waals surface area (Å²) in [6.07, 6.45) is 0. The number of ether oxygens (including phenoxy) is 1. The van der Waals surface area contributed by atoms with E-state index >= 15 is 0 Å². The van der Waals surface area contributed by atoms with Gasteiger partial charge in [-0.15, -0.1) is 0 Å². The normalized spacial score (nSPS) is 10.3. The third kappa shape index (κ3) is 3.43. The second kappa shape index (κ2) is 6.75. The van der Waals surface area contributed by atoms with Gasteiger partial charge < -0.3 is 14.5 Å². The Morgan fingerprint density at radius 2 is 1.95 bits per heavy atom. The molecule has 7 heteroatoms. The largest absolute Gasteiger partial charge is 0.450 e. The maximum atomic E-state index is 12.0. The molecule has 0 aliphatic heterocycles. The van der Waals surface area contributed by atoms with Crippen LogP contribution in [-0.4, -0.2) is 31.1 Å². The van der Waals surface area contributed by atoms with E-state index in [-0.39, 0.29) is 5.76 Å². The van der Waals surface area contributed by atoms with Crippen molar-refractivity contribution in [2.45, 2.75) is 13.8 Å². The molecule has 0 aliphatic rings. The molecule has 2 N–H and O–H groups in total. The Kier molecular flexibility index (Phi) is 4.77. The van der Waals surface area contributed by atoms with Crippen LogP contribution >= 0.6 is 0 Å². The summed E-state index contributed by atoms with van der Waals surface area (Å²) in [5.41, 5.74) is 1.21. The number of hydrogen-bond acceptors (Lipinski definition) is 5. The van der Waals surface area contributed by atoms with Crippen LogP contribution in [0.1, 0.15) is 23.0 Å². The van der Waals surface area contributed by atoms with E-state index in [1.807, 2.05) is 17.4 Å². The SMILES string of the molecule is CCNC(=O)NC(=O)COC(=O)c1oc2ccccc2c1C. The van der Waals surface area contributed by atoms with Crippen molar-refractivity contribution < 1.29 is 23.5 Å². The van der Waals surface area contributed by atoms with Crippen molar-refractivity contribution in [1.82, 2.24) is 10.6 Å². The molecular weight excluding hydrogens is 288 g/mol. The lowest BCUT2D eigenvalue weighted by atomic mass is 10.1. The molecule has 116 valence electrons. The van der Waals surface area contributed by atoms with Crippen molar-refractivity contribution in [3.63, 3.8) is 0 Å². The lowest BCUT2D eigenvalue weighted by molar-refractivity contribution is -0.123. The van der Waals surface area contributed by atoms with Crippen molar-refractivity contribution in [2.24, 2.45) is 0 Å². The molecule has 1 heterocycles. The Bertz CT molecular complexity index is 720. The first kappa shape index (κ1) is 15.6. The zero-order valence-electron chi connectivity index (χ0n) is 12.3. The van der Waals surface area contributed by atoms with Gasteiger partial charge in [-0.2, -0.15) is 0 Å². The van der Waals surface area contributed by atoms with Gasteiger partial charge in [-0.3, -0.25) is 10.1 Å². The molecule has 0 bridgehead atoms. The third-order valence-electron chi connectivity index (χ3n) is 2.95. The molecule has 22 heavy (non-hydrogen) atoms. The average molecular weight is 304 g/mol. The number of carbonyl (C=O) groups excluding carboxylic acids is 3. The summed E-state index contributed by atoms with van der Waals surface area (Å²) in [5, 5.41) is 5.23. The molecule has 0 saturated carbocycles. The lowest BCUT2D eigenvalue weighted by Crippen LogP contribution is -2.41. The summed E-state index contributed by atoms with van der Waals surface area (Å²) in [6, 6.07) is 6.55. The predicted molar refractivity (Wildman–Crippen MR) is 78.4 cm³/mol. The number of benzene rings is 1. The van der Waals surface area contributed by atoms with Gasteiger partial charge in [0, 0.05) is 17.5 Å². The Labute approximate surface area is 126 Å². The third-order valence-corrected chi connectivity index (χ3v) is 2.95. The maximum absolute atomic E-state index is 12.0. The molecular formula is C15H16N2O5. The number of esters is 1. The highest BCUT2D eigenvalue weighted by molar-refractivity contribution is 5.98. The van der Waals surface area contributed by atoms with E-state index in [0.29, 0.717) is 17.7 Å². The van der Waals surface area contributed by atoms with Crippen LogP contribution in [0.2, 0.25) is 0 Å². The molecule has 2 rings (SSSR count). The summed E-state index contributed by atoms with van der Waals surface area (Å²) in [7, 11) is 0. The molecule has 0 fully saturated rings. The lowest BCUT2D eigenvalue weighted by Gasteiger charge is -2.05. The summed E-state index contributed by atoms with van der Waals surface area (Å²) in [4.78, 5) is 34.5. The second-order valence-electron chi connectivity index (χ2n) is 4.54.